The summed E-state index contributed by atoms with van der Waals surface area (Å²) >= 11 is 0. The molecule has 41 heavy (non-hydrogen) atoms. The molecule has 0 heterocycles. The maximum atomic E-state index is 13.2. The van der Waals surface area contributed by atoms with Crippen molar-refractivity contribution < 1.29 is 26.3 Å². The van der Waals surface area contributed by atoms with Crippen LogP contribution >= 0.6 is 0 Å². The lowest BCUT2D eigenvalue weighted by molar-refractivity contribution is 0.242. The van der Waals surface area contributed by atoms with Gasteiger partial charge in [0.15, 0.2) is 0 Å². The van der Waals surface area contributed by atoms with Crippen molar-refractivity contribution in [2.75, 3.05) is 6.61 Å². The highest BCUT2D eigenvalue weighted by atomic mass is 32.2. The van der Waals surface area contributed by atoms with Crippen molar-refractivity contribution in [2.24, 2.45) is 5.92 Å². The van der Waals surface area contributed by atoms with Crippen LogP contribution in [0, 0.1) is 5.92 Å². The fourth-order valence-electron chi connectivity index (χ4n) is 3.47. The number of benzene rings is 2. The fourth-order valence-corrected chi connectivity index (χ4v) is 6.18. The summed E-state index contributed by atoms with van der Waals surface area (Å²) in [5.74, 6) is 1.24. The van der Waals surface area contributed by atoms with E-state index in [1.807, 2.05) is 34.6 Å². The van der Waals surface area contributed by atoms with Crippen LogP contribution in [-0.2, 0) is 19.7 Å². The third kappa shape index (κ3) is 9.76. The molecule has 0 aliphatic heterocycles. The van der Waals surface area contributed by atoms with Crippen LogP contribution in [0.3, 0.4) is 0 Å². The monoisotopic (exact) mass is 596 g/mol. The first-order valence-corrected chi connectivity index (χ1v) is 16.4. The topological polar surface area (TPSA) is 86.7 Å². The Morgan fingerprint density at radius 1 is 0.805 bits per heavy atom. The zero-order valence-electron chi connectivity index (χ0n) is 24.4. The minimum atomic E-state index is -3.79. The lowest BCUT2D eigenvalue weighted by atomic mass is 10.1. The number of hydrogen-bond donors (Lipinski definition) is 0. The Kier molecular flexibility index (Phi) is 12.6. The molecule has 0 N–H and O–H groups in total. The lowest BCUT2D eigenvalue weighted by Crippen LogP contribution is -2.07. The van der Waals surface area contributed by atoms with Crippen LogP contribution in [0.5, 0.6) is 11.5 Å². The first-order chi connectivity index (χ1) is 19.3. The van der Waals surface area contributed by atoms with Crippen LogP contribution in [-0.4, -0.2) is 29.5 Å². The van der Waals surface area contributed by atoms with Gasteiger partial charge in [-0.3, -0.25) is 0 Å². The normalized spacial score (nSPS) is 13.3. The summed E-state index contributed by atoms with van der Waals surface area (Å²) in [6, 6.07) is 12.4. The average molecular weight is 597 g/mol. The van der Waals surface area contributed by atoms with Crippen molar-refractivity contribution in [1.82, 2.24) is 0 Å². The number of hydrogen-bond acceptors (Lipinski definition) is 6. The zero-order chi connectivity index (χ0) is 30.6. The molecule has 0 spiro atoms. The Morgan fingerprint density at radius 3 is 1.83 bits per heavy atom. The van der Waals surface area contributed by atoms with Gasteiger partial charge in [-0.05, 0) is 99.0 Å². The van der Waals surface area contributed by atoms with Crippen molar-refractivity contribution >= 4 is 19.7 Å². The molecular weight excluding hydrogens is 556 g/mol. The summed E-state index contributed by atoms with van der Waals surface area (Å²) in [6.45, 7) is 17.3. The molecule has 6 nitrogen and oxygen atoms in total. The summed E-state index contributed by atoms with van der Waals surface area (Å²) in [7, 11) is -7.52. The maximum Gasteiger partial charge on any atom is 0.206 e. The molecule has 0 aromatic heterocycles. The van der Waals surface area contributed by atoms with Crippen molar-refractivity contribution in [1.29, 1.82) is 0 Å². The average Bonchev–Trinajstić information content (AvgIpc) is 2.92. The molecule has 0 aliphatic rings. The van der Waals surface area contributed by atoms with Crippen LogP contribution in [0.2, 0.25) is 0 Å². The summed E-state index contributed by atoms with van der Waals surface area (Å²) < 4.78 is 64.0. The van der Waals surface area contributed by atoms with E-state index in [2.05, 4.69) is 13.2 Å². The molecule has 8 heteroatoms. The van der Waals surface area contributed by atoms with E-state index >= 15 is 0 Å². The third-order valence-electron chi connectivity index (χ3n) is 5.78. The number of rotatable bonds is 15. The zero-order valence-corrected chi connectivity index (χ0v) is 26.0. The molecule has 2 rings (SSSR count). The Balaban J connectivity index is 2.13. The maximum absolute atomic E-state index is 13.2. The summed E-state index contributed by atoms with van der Waals surface area (Å²) in [5, 5.41) is 0. The van der Waals surface area contributed by atoms with E-state index in [-0.39, 0.29) is 38.2 Å². The van der Waals surface area contributed by atoms with Crippen molar-refractivity contribution in [3.05, 3.63) is 120 Å². The molecule has 0 amide bonds. The minimum absolute atomic E-state index is 0.0230. The Morgan fingerprint density at radius 2 is 1.34 bits per heavy atom. The van der Waals surface area contributed by atoms with Gasteiger partial charge < -0.3 is 9.47 Å². The second-order valence-corrected chi connectivity index (χ2v) is 13.6. The predicted molar refractivity (Wildman–Crippen MR) is 167 cm³/mol. The van der Waals surface area contributed by atoms with E-state index < -0.39 is 19.7 Å². The second-order valence-electron chi connectivity index (χ2n) is 9.71. The lowest BCUT2D eigenvalue weighted by Gasteiger charge is -2.11. The number of ether oxygens (including phenoxy) is 2. The molecule has 0 radical (unpaired) electrons. The van der Waals surface area contributed by atoms with E-state index in [1.54, 1.807) is 48.6 Å². The van der Waals surface area contributed by atoms with Gasteiger partial charge in [0, 0.05) is 0 Å². The van der Waals surface area contributed by atoms with Gasteiger partial charge in [0.05, 0.1) is 25.7 Å². The summed E-state index contributed by atoms with van der Waals surface area (Å²) in [4.78, 5) is 0.540. The van der Waals surface area contributed by atoms with Gasteiger partial charge in [-0.2, -0.15) is 0 Å². The van der Waals surface area contributed by atoms with Gasteiger partial charge in [-0.25, -0.2) is 16.8 Å². The highest BCUT2D eigenvalue weighted by Gasteiger charge is 2.20. The second kappa shape index (κ2) is 15.4. The van der Waals surface area contributed by atoms with Gasteiger partial charge >= 0.3 is 0 Å². The standard InChI is InChI=1S/C33H40O6S2/c1-8-11-30(40(34,35)33-22-17-29(18-23-33)39-26(5)6)13-10-24-38-28-15-20-32(21-16-28)41(36,37)31(12-9-2)19-14-27(7)25(3)4/h8,10-23,25-26H,1,7,9,24H2,2-6H3/b13-10-,19-14-,30-11+,31-12+. The molecular formula is C33H40O6S2. The fraction of sp³-hybridized carbons (Fsp3) is 0.273. The predicted octanol–water partition coefficient (Wildman–Crippen LogP) is 7.79. The highest BCUT2D eigenvalue weighted by Crippen LogP contribution is 2.26. The molecule has 220 valence electrons. The number of allylic oxidation sites excluding steroid dienone is 7. The molecule has 2 aromatic carbocycles. The van der Waals surface area contributed by atoms with Crippen molar-refractivity contribution in [3.8, 4) is 11.5 Å². The van der Waals surface area contributed by atoms with Gasteiger partial charge in [-0.1, -0.05) is 57.7 Å². The van der Waals surface area contributed by atoms with Crippen molar-refractivity contribution in [3.63, 3.8) is 0 Å². The third-order valence-corrected chi connectivity index (χ3v) is 9.38. The Hall–Kier alpha value is -3.62. The van der Waals surface area contributed by atoms with E-state index in [1.165, 1.54) is 42.5 Å². The molecule has 2 aromatic rings. The van der Waals surface area contributed by atoms with E-state index in [0.717, 1.165) is 5.57 Å². The molecule has 0 saturated carbocycles. The first-order valence-electron chi connectivity index (χ1n) is 13.4. The van der Waals surface area contributed by atoms with Gasteiger partial charge in [-0.15, -0.1) is 0 Å². The molecule has 0 bridgehead atoms. The quantitative estimate of drug-likeness (QED) is 0.195. The minimum Gasteiger partial charge on any atom is -0.491 e. The molecule has 0 saturated heterocycles. The van der Waals surface area contributed by atoms with Crippen LogP contribution in [0.25, 0.3) is 0 Å². The molecule has 0 unspecified atom stereocenters. The van der Waals surface area contributed by atoms with Gasteiger partial charge in [0.25, 0.3) is 0 Å². The Bertz CT molecular complexity index is 1520. The van der Waals surface area contributed by atoms with E-state index in [4.69, 9.17) is 9.47 Å². The van der Waals surface area contributed by atoms with Crippen molar-refractivity contribution in [2.45, 2.75) is 56.9 Å². The van der Waals surface area contributed by atoms with Crippen LogP contribution < -0.4 is 9.47 Å². The SMILES string of the molecule is C=C/C=C(\C=C/COc1ccc(S(=O)(=O)C(/C=C\C(=C)C(C)C)=C/CC)cc1)S(=O)(=O)c1ccc(OC(C)C)cc1. The van der Waals surface area contributed by atoms with Gasteiger partial charge in [0.2, 0.25) is 19.7 Å². The first kappa shape index (κ1) is 33.6. The van der Waals surface area contributed by atoms with Gasteiger partial charge in [0.1, 0.15) is 18.1 Å². The molecule has 0 atom stereocenters. The number of sulfone groups is 2. The van der Waals surface area contributed by atoms with E-state index in [0.29, 0.717) is 17.9 Å². The highest BCUT2D eigenvalue weighted by molar-refractivity contribution is 7.95. The summed E-state index contributed by atoms with van der Waals surface area (Å²) in [5.41, 5.74) is 0.840. The molecule has 0 fully saturated rings. The molecule has 0 aliphatic carbocycles. The van der Waals surface area contributed by atoms with Crippen LogP contribution in [0.4, 0.5) is 0 Å². The smallest absolute Gasteiger partial charge is 0.206 e. The van der Waals surface area contributed by atoms with Crippen LogP contribution in [0.15, 0.2) is 129 Å². The van der Waals surface area contributed by atoms with Crippen LogP contribution in [0.1, 0.15) is 41.0 Å². The van der Waals surface area contributed by atoms with E-state index in [9.17, 15) is 16.8 Å². The summed E-state index contributed by atoms with van der Waals surface area (Å²) in [6.07, 6.45) is 11.4. The largest absolute Gasteiger partial charge is 0.491 e. The Labute approximate surface area is 245 Å².